The molecule has 0 unspecified atom stereocenters. The summed E-state index contributed by atoms with van der Waals surface area (Å²) < 4.78 is 17.4. The zero-order valence-electron chi connectivity index (χ0n) is 14.2. The van der Waals surface area contributed by atoms with E-state index in [1.807, 2.05) is 36.4 Å². The lowest BCUT2D eigenvalue weighted by molar-refractivity contribution is 0.194. The van der Waals surface area contributed by atoms with Gasteiger partial charge in [-0.3, -0.25) is 0 Å². The van der Waals surface area contributed by atoms with Crippen LogP contribution in [0.1, 0.15) is 17.5 Å². The van der Waals surface area contributed by atoms with Gasteiger partial charge in [0.25, 0.3) is 0 Å². The third-order valence-corrected chi connectivity index (χ3v) is 4.14. The Bertz CT molecular complexity index is 620. The van der Waals surface area contributed by atoms with Crippen LogP contribution in [-0.2, 0) is 17.9 Å². The first kappa shape index (κ1) is 18.8. The molecule has 0 aromatic heterocycles. The number of rotatable bonds is 10. The molecule has 0 spiro atoms. The molecule has 0 aliphatic carbocycles. The zero-order valence-corrected chi connectivity index (χ0v) is 15.8. The summed E-state index contributed by atoms with van der Waals surface area (Å²) >= 11 is 3.59. The van der Waals surface area contributed by atoms with Gasteiger partial charge in [-0.15, -0.1) is 0 Å². The second-order valence-electron chi connectivity index (χ2n) is 5.41. The molecule has 0 saturated carbocycles. The fourth-order valence-corrected chi connectivity index (χ4v) is 2.92. The largest absolute Gasteiger partial charge is 0.493 e. The Morgan fingerprint density at radius 3 is 2.54 bits per heavy atom. The lowest BCUT2D eigenvalue weighted by atomic mass is 10.2. The van der Waals surface area contributed by atoms with Crippen LogP contribution in [0.5, 0.6) is 11.5 Å². The monoisotopic (exact) mass is 393 g/mol. The molecule has 5 heteroatoms. The Kier molecular flexibility index (Phi) is 8.08. The van der Waals surface area contributed by atoms with Crippen molar-refractivity contribution in [1.82, 2.24) is 5.32 Å². The number of hydrogen-bond donors (Lipinski definition) is 1. The van der Waals surface area contributed by atoms with Crippen LogP contribution in [0.25, 0.3) is 0 Å². The Hall–Kier alpha value is -1.56. The molecule has 0 aliphatic heterocycles. The molecule has 2 rings (SSSR count). The Morgan fingerprint density at radius 1 is 1.04 bits per heavy atom. The van der Waals surface area contributed by atoms with Crippen LogP contribution in [0, 0.1) is 0 Å². The summed E-state index contributed by atoms with van der Waals surface area (Å²) in [5.41, 5.74) is 2.26. The van der Waals surface area contributed by atoms with Crippen molar-refractivity contribution in [2.24, 2.45) is 0 Å². The van der Waals surface area contributed by atoms with E-state index in [1.165, 1.54) is 0 Å². The molecule has 0 amide bonds. The summed E-state index contributed by atoms with van der Waals surface area (Å²) in [6, 6.07) is 14.2. The van der Waals surface area contributed by atoms with Gasteiger partial charge in [0.1, 0.15) is 6.61 Å². The van der Waals surface area contributed by atoms with Gasteiger partial charge >= 0.3 is 0 Å². The molecule has 0 radical (unpaired) electrons. The maximum atomic E-state index is 5.95. The molecule has 130 valence electrons. The van der Waals surface area contributed by atoms with Crippen LogP contribution in [0.4, 0.5) is 0 Å². The first-order valence-electron chi connectivity index (χ1n) is 7.97. The van der Waals surface area contributed by atoms with Gasteiger partial charge in [0.15, 0.2) is 11.5 Å². The first-order valence-corrected chi connectivity index (χ1v) is 8.76. The van der Waals surface area contributed by atoms with Gasteiger partial charge in [0, 0.05) is 20.3 Å². The van der Waals surface area contributed by atoms with Gasteiger partial charge < -0.3 is 19.5 Å². The van der Waals surface area contributed by atoms with Crippen molar-refractivity contribution in [3.8, 4) is 11.5 Å². The van der Waals surface area contributed by atoms with Crippen molar-refractivity contribution in [1.29, 1.82) is 0 Å². The number of ether oxygens (including phenoxy) is 3. The highest BCUT2D eigenvalue weighted by molar-refractivity contribution is 9.10. The molecule has 0 bridgehead atoms. The lowest BCUT2D eigenvalue weighted by Crippen LogP contribution is -2.16. The molecular formula is C19H24BrNO3. The highest BCUT2D eigenvalue weighted by atomic mass is 79.9. The fourth-order valence-electron chi connectivity index (χ4n) is 2.32. The second kappa shape index (κ2) is 10.3. The maximum absolute atomic E-state index is 5.95. The number of benzene rings is 2. The van der Waals surface area contributed by atoms with E-state index in [0.29, 0.717) is 6.61 Å². The van der Waals surface area contributed by atoms with Crippen molar-refractivity contribution < 1.29 is 14.2 Å². The molecule has 0 fully saturated rings. The van der Waals surface area contributed by atoms with Gasteiger partial charge in [0.2, 0.25) is 0 Å². The van der Waals surface area contributed by atoms with Crippen molar-refractivity contribution in [3.05, 3.63) is 58.1 Å². The van der Waals surface area contributed by atoms with E-state index in [2.05, 4.69) is 27.3 Å². The number of nitrogens with one attached hydrogen (secondary N) is 1. The predicted octanol–water partition coefficient (Wildman–Crippen LogP) is 4.16. The summed E-state index contributed by atoms with van der Waals surface area (Å²) in [7, 11) is 3.38. The summed E-state index contributed by atoms with van der Waals surface area (Å²) in [5, 5.41) is 3.40. The summed E-state index contributed by atoms with van der Waals surface area (Å²) in [5.74, 6) is 1.46. The van der Waals surface area contributed by atoms with Gasteiger partial charge in [-0.1, -0.05) is 30.3 Å². The van der Waals surface area contributed by atoms with Crippen molar-refractivity contribution >= 4 is 15.9 Å². The molecule has 2 aromatic rings. The highest BCUT2D eigenvalue weighted by Crippen LogP contribution is 2.37. The molecule has 2 aromatic carbocycles. The minimum atomic E-state index is 0.504. The van der Waals surface area contributed by atoms with Crippen molar-refractivity contribution in [3.63, 3.8) is 0 Å². The average molecular weight is 394 g/mol. The number of methoxy groups -OCH3 is 2. The quantitative estimate of drug-likeness (QED) is 0.615. The van der Waals surface area contributed by atoms with Crippen LogP contribution in [0.3, 0.4) is 0 Å². The van der Waals surface area contributed by atoms with Gasteiger partial charge in [-0.25, -0.2) is 0 Å². The topological polar surface area (TPSA) is 39.7 Å². The predicted molar refractivity (Wildman–Crippen MR) is 99.7 cm³/mol. The maximum Gasteiger partial charge on any atom is 0.175 e. The SMILES string of the molecule is COCCCNCc1cc(Br)c(OCc2ccccc2)c(OC)c1. The molecule has 0 aliphatic rings. The minimum Gasteiger partial charge on any atom is -0.493 e. The van der Waals surface area contributed by atoms with Crippen LogP contribution in [0.2, 0.25) is 0 Å². The number of halogens is 1. The van der Waals surface area contributed by atoms with Gasteiger partial charge in [-0.2, -0.15) is 0 Å². The van der Waals surface area contributed by atoms with Crippen molar-refractivity contribution in [2.75, 3.05) is 27.4 Å². The molecular weight excluding hydrogens is 370 g/mol. The fraction of sp³-hybridized carbons (Fsp3) is 0.368. The Labute approximate surface area is 152 Å². The standard InChI is InChI=1S/C19H24BrNO3/c1-22-10-6-9-21-13-16-11-17(20)19(18(12-16)23-2)24-14-15-7-4-3-5-8-15/h3-5,7-8,11-12,21H,6,9-10,13-14H2,1-2H3. The smallest absolute Gasteiger partial charge is 0.175 e. The minimum absolute atomic E-state index is 0.504. The third-order valence-electron chi connectivity index (χ3n) is 3.55. The lowest BCUT2D eigenvalue weighted by Gasteiger charge is -2.15. The molecule has 0 atom stereocenters. The summed E-state index contributed by atoms with van der Waals surface area (Å²) in [6.45, 7) is 2.97. The van der Waals surface area contributed by atoms with E-state index in [0.717, 1.165) is 53.2 Å². The molecule has 1 N–H and O–H groups in total. The van der Waals surface area contributed by atoms with E-state index in [-0.39, 0.29) is 0 Å². The summed E-state index contributed by atoms with van der Waals surface area (Å²) in [4.78, 5) is 0. The van der Waals surface area contributed by atoms with Crippen LogP contribution in [-0.4, -0.2) is 27.4 Å². The van der Waals surface area contributed by atoms with Crippen molar-refractivity contribution in [2.45, 2.75) is 19.6 Å². The number of hydrogen-bond acceptors (Lipinski definition) is 4. The van der Waals surface area contributed by atoms with E-state index in [1.54, 1.807) is 14.2 Å². The van der Waals surface area contributed by atoms with Gasteiger partial charge in [0.05, 0.1) is 11.6 Å². The van der Waals surface area contributed by atoms with E-state index < -0.39 is 0 Å². The van der Waals surface area contributed by atoms with E-state index in [9.17, 15) is 0 Å². The molecule has 4 nitrogen and oxygen atoms in total. The average Bonchev–Trinajstić information content (AvgIpc) is 2.61. The molecule has 0 saturated heterocycles. The van der Waals surface area contributed by atoms with Crippen LogP contribution >= 0.6 is 15.9 Å². The molecule has 24 heavy (non-hydrogen) atoms. The van der Waals surface area contributed by atoms with Crippen LogP contribution in [0.15, 0.2) is 46.9 Å². The third kappa shape index (κ3) is 5.82. The van der Waals surface area contributed by atoms with E-state index >= 15 is 0 Å². The zero-order chi connectivity index (χ0) is 17.2. The van der Waals surface area contributed by atoms with Gasteiger partial charge in [-0.05, 0) is 52.2 Å². The Balaban J connectivity index is 1.98. The molecule has 0 heterocycles. The van der Waals surface area contributed by atoms with Crippen LogP contribution < -0.4 is 14.8 Å². The van der Waals surface area contributed by atoms with E-state index in [4.69, 9.17) is 14.2 Å². The second-order valence-corrected chi connectivity index (χ2v) is 6.26. The summed E-state index contributed by atoms with van der Waals surface area (Å²) in [6.07, 6.45) is 0.993. The normalized spacial score (nSPS) is 10.6. The highest BCUT2D eigenvalue weighted by Gasteiger charge is 2.12. The Morgan fingerprint density at radius 2 is 1.83 bits per heavy atom. The first-order chi connectivity index (χ1) is 11.7.